The molecule has 6 aliphatic rings. The van der Waals surface area contributed by atoms with Crippen LogP contribution < -0.4 is 0 Å². The Morgan fingerprint density at radius 3 is 2.71 bits per heavy atom. The molecule has 0 N–H and O–H groups in total. The maximum absolute atomic E-state index is 14.3. The topological polar surface area (TPSA) is 66.4 Å². The highest BCUT2D eigenvalue weighted by atomic mass is 16.6. The van der Waals surface area contributed by atoms with Crippen LogP contribution in [0.5, 0.6) is 0 Å². The van der Waals surface area contributed by atoms with E-state index in [4.69, 9.17) is 4.74 Å². The third-order valence-electron chi connectivity index (χ3n) is 10.4. The van der Waals surface area contributed by atoms with Gasteiger partial charge in [0.2, 0.25) is 0 Å². The summed E-state index contributed by atoms with van der Waals surface area (Å²) in [5, 5.41) is 14.0. The second kappa shape index (κ2) is 5.10. The van der Waals surface area contributed by atoms with Gasteiger partial charge in [-0.05, 0) is 38.0 Å². The Morgan fingerprint density at radius 2 is 1.96 bits per heavy atom. The lowest BCUT2D eigenvalue weighted by Crippen LogP contribution is -2.68. The smallest absolute Gasteiger partial charge is 0.309 e. The van der Waals surface area contributed by atoms with Crippen molar-refractivity contribution in [1.29, 1.82) is 0 Å². The molecule has 28 heavy (non-hydrogen) atoms. The molecule has 2 bridgehead atoms. The summed E-state index contributed by atoms with van der Waals surface area (Å²) in [7, 11) is 1.47. The number of carbonyl (C=O) groups is 2. The Hall–Kier alpha value is -1.20. The summed E-state index contributed by atoms with van der Waals surface area (Å²) < 4.78 is 5.11. The molecule has 0 amide bonds. The molecule has 9 atom stereocenters. The van der Waals surface area contributed by atoms with Crippen molar-refractivity contribution in [1.82, 2.24) is 0 Å². The lowest BCUT2D eigenvalue weighted by atomic mass is 9.45. The van der Waals surface area contributed by atoms with Crippen LogP contribution in [0.1, 0.15) is 52.4 Å². The summed E-state index contributed by atoms with van der Waals surface area (Å²) in [6.07, 6.45) is 5.40. The van der Waals surface area contributed by atoms with Crippen LogP contribution in [0, 0.1) is 45.6 Å². The van der Waals surface area contributed by atoms with E-state index in [9.17, 15) is 14.8 Å². The van der Waals surface area contributed by atoms with Crippen LogP contribution in [-0.2, 0) is 14.3 Å². The normalized spacial score (nSPS) is 55.9. The van der Waals surface area contributed by atoms with Gasteiger partial charge in [-0.15, -0.1) is 0 Å². The van der Waals surface area contributed by atoms with Gasteiger partial charge in [0.15, 0.2) is 0 Å². The number of ether oxygens (including phenoxy) is 1. The molecule has 0 radical (unpaired) electrons. The van der Waals surface area contributed by atoms with Gasteiger partial charge in [-0.25, -0.2) is 0 Å². The summed E-state index contributed by atoms with van der Waals surface area (Å²) in [4.78, 5) is 27.0. The van der Waals surface area contributed by atoms with Crippen molar-refractivity contribution in [2.24, 2.45) is 40.4 Å². The van der Waals surface area contributed by atoms with E-state index < -0.39 is 5.41 Å². The molecule has 152 valence electrons. The Morgan fingerprint density at radius 1 is 1.21 bits per heavy atom. The number of methoxy groups -OCH3 is 1. The molecule has 4 fully saturated rings. The average Bonchev–Trinajstić information content (AvgIpc) is 3.26. The van der Waals surface area contributed by atoms with E-state index >= 15 is 0 Å². The Kier molecular flexibility index (Phi) is 3.21. The standard InChI is InChI=1S/C23H31NO4/c1-12-10-24(27)11-14-6-4-13-5-7-15-17(21(26)28-3)9-23(19(13)15)20(25)16(12)8-18(24)22(14,23)2/h12,14-18H,4-11H2,1-3H3/t12-,14-,15-,16-,17-,18-,22-,23+,24?/m1/s1. The van der Waals surface area contributed by atoms with Gasteiger partial charge in [-0.2, -0.15) is 0 Å². The zero-order chi connectivity index (χ0) is 19.6. The van der Waals surface area contributed by atoms with Gasteiger partial charge in [0.25, 0.3) is 0 Å². The number of hydroxylamine groups is 3. The first kappa shape index (κ1) is 17.6. The predicted octanol–water partition coefficient (Wildman–Crippen LogP) is 3.22. The minimum atomic E-state index is -0.587. The molecule has 5 nitrogen and oxygen atoms in total. The average molecular weight is 386 g/mol. The second-order valence-electron chi connectivity index (χ2n) is 10.9. The van der Waals surface area contributed by atoms with E-state index in [2.05, 4.69) is 13.8 Å². The van der Waals surface area contributed by atoms with Crippen LogP contribution in [0.2, 0.25) is 0 Å². The van der Waals surface area contributed by atoms with Gasteiger partial charge >= 0.3 is 5.97 Å². The first-order chi connectivity index (χ1) is 13.3. The van der Waals surface area contributed by atoms with Gasteiger partial charge in [0.1, 0.15) is 5.78 Å². The van der Waals surface area contributed by atoms with E-state index in [0.717, 1.165) is 32.1 Å². The molecule has 4 aliphatic carbocycles. The van der Waals surface area contributed by atoms with Gasteiger partial charge in [-0.3, -0.25) is 9.59 Å². The summed E-state index contributed by atoms with van der Waals surface area (Å²) in [6, 6.07) is 0.0147. The Bertz CT molecular complexity index is 834. The molecular formula is C23H31NO4. The third-order valence-corrected chi connectivity index (χ3v) is 10.4. The number of hydrogen-bond donors (Lipinski definition) is 0. The van der Waals surface area contributed by atoms with Crippen LogP contribution in [0.15, 0.2) is 11.1 Å². The SMILES string of the molecule is COC(=O)[C@@H]1C[C@]23C(=O)[C@@H]4C[C@@H]5[C@@]2(C)[C@H](CCC2=C3[C@@H]1CC2)C[N+]5([O-])C[C@H]4C. The molecule has 5 heteroatoms. The quantitative estimate of drug-likeness (QED) is 0.301. The second-order valence-corrected chi connectivity index (χ2v) is 10.9. The summed E-state index contributed by atoms with van der Waals surface area (Å²) in [5.74, 6) is 0.588. The molecule has 0 aromatic heterocycles. The molecule has 2 saturated carbocycles. The molecule has 0 aromatic carbocycles. The van der Waals surface area contributed by atoms with Crippen LogP contribution in [0.4, 0.5) is 0 Å². The maximum atomic E-state index is 14.3. The van der Waals surface area contributed by atoms with E-state index in [-0.39, 0.29) is 51.7 Å². The van der Waals surface area contributed by atoms with Crippen molar-refractivity contribution >= 4 is 11.8 Å². The largest absolute Gasteiger partial charge is 0.633 e. The first-order valence-electron chi connectivity index (χ1n) is 11.2. The van der Waals surface area contributed by atoms with Crippen molar-refractivity contribution in [2.75, 3.05) is 20.2 Å². The van der Waals surface area contributed by atoms with Gasteiger partial charge in [0.05, 0.1) is 37.6 Å². The van der Waals surface area contributed by atoms with Crippen LogP contribution in [-0.4, -0.2) is 42.6 Å². The summed E-state index contributed by atoms with van der Waals surface area (Å²) in [6.45, 7) is 5.65. The number of hydrogen-bond acceptors (Lipinski definition) is 4. The fourth-order valence-electron chi connectivity index (χ4n) is 9.37. The minimum absolute atomic E-state index is 0.0125. The van der Waals surface area contributed by atoms with E-state index in [1.54, 1.807) is 0 Å². The number of allylic oxidation sites excluding steroid dienone is 2. The Balaban J connectivity index is 1.63. The highest BCUT2D eigenvalue weighted by molar-refractivity contribution is 5.95. The number of rotatable bonds is 1. The zero-order valence-electron chi connectivity index (χ0n) is 17.2. The van der Waals surface area contributed by atoms with Crippen molar-refractivity contribution in [3.63, 3.8) is 0 Å². The van der Waals surface area contributed by atoms with Crippen molar-refractivity contribution in [3.8, 4) is 0 Å². The highest BCUT2D eigenvalue weighted by Crippen LogP contribution is 2.76. The molecular weight excluding hydrogens is 354 g/mol. The van der Waals surface area contributed by atoms with Crippen molar-refractivity contribution in [2.45, 2.75) is 58.4 Å². The van der Waals surface area contributed by atoms with E-state index in [0.29, 0.717) is 25.3 Å². The fourth-order valence-corrected chi connectivity index (χ4v) is 9.37. The van der Waals surface area contributed by atoms with E-state index in [1.807, 2.05) is 0 Å². The number of piperidine rings is 1. The van der Waals surface area contributed by atoms with Crippen LogP contribution in [0.3, 0.4) is 0 Å². The zero-order valence-corrected chi connectivity index (χ0v) is 17.2. The number of carbonyl (C=O) groups excluding carboxylic acids is 2. The molecule has 2 saturated heterocycles. The van der Waals surface area contributed by atoms with Crippen LogP contribution >= 0.6 is 0 Å². The fraction of sp³-hybridized carbons (Fsp3) is 0.826. The lowest BCUT2D eigenvalue weighted by Gasteiger charge is -2.62. The number of quaternary nitrogens is 1. The molecule has 1 unspecified atom stereocenters. The highest BCUT2D eigenvalue weighted by Gasteiger charge is 2.79. The summed E-state index contributed by atoms with van der Waals surface area (Å²) in [5.41, 5.74) is 1.88. The molecule has 6 rings (SSSR count). The third kappa shape index (κ3) is 1.63. The molecule has 1 spiro atoms. The van der Waals surface area contributed by atoms with Gasteiger partial charge in [0, 0.05) is 29.6 Å². The monoisotopic (exact) mass is 385 g/mol. The van der Waals surface area contributed by atoms with Crippen molar-refractivity contribution in [3.05, 3.63) is 16.4 Å². The predicted molar refractivity (Wildman–Crippen MR) is 103 cm³/mol. The molecule has 2 heterocycles. The Labute approximate surface area is 166 Å². The lowest BCUT2D eigenvalue weighted by molar-refractivity contribution is -0.908. The maximum Gasteiger partial charge on any atom is 0.309 e. The summed E-state index contributed by atoms with van der Waals surface area (Å²) >= 11 is 0. The van der Waals surface area contributed by atoms with Gasteiger partial charge < -0.3 is 14.6 Å². The number of fused-ring (bicyclic) bond motifs is 1. The van der Waals surface area contributed by atoms with Crippen LogP contribution in [0.25, 0.3) is 0 Å². The minimum Gasteiger partial charge on any atom is -0.633 e. The van der Waals surface area contributed by atoms with Crippen molar-refractivity contribution < 1.29 is 19.0 Å². The number of esters is 1. The van der Waals surface area contributed by atoms with E-state index in [1.165, 1.54) is 18.3 Å². The number of nitrogens with zero attached hydrogens (tertiary/aromatic N) is 1. The number of Topliss-reactive ketones (excluding diaryl/α,β-unsaturated/α-hetero) is 1. The molecule has 0 aromatic rings. The molecule has 2 aliphatic heterocycles. The number of ketones is 1. The van der Waals surface area contributed by atoms with Gasteiger partial charge in [-0.1, -0.05) is 25.0 Å². The first-order valence-corrected chi connectivity index (χ1v) is 11.2.